The molecular formula is C18H17NO. The summed E-state index contributed by atoms with van der Waals surface area (Å²) in [5.41, 5.74) is 4.51. The highest BCUT2D eigenvalue weighted by Gasteiger charge is 2.23. The predicted molar refractivity (Wildman–Crippen MR) is 82.1 cm³/mol. The van der Waals surface area contributed by atoms with Crippen LogP contribution in [0.15, 0.2) is 71.9 Å². The molecule has 2 aromatic rings. The molecule has 1 unspecified atom stereocenters. The number of rotatable bonds is 2. The van der Waals surface area contributed by atoms with Crippen LogP contribution in [-0.2, 0) is 0 Å². The molecular weight excluding hydrogens is 246 g/mol. The molecule has 1 aliphatic carbocycles. The fraction of sp³-hybridized carbons (Fsp3) is 0.167. The monoisotopic (exact) mass is 263 g/mol. The number of nitrogens with zero attached hydrogens (tertiary/aromatic N) is 1. The zero-order chi connectivity index (χ0) is 13.8. The molecule has 1 aliphatic rings. The molecule has 100 valence electrons. The Morgan fingerprint density at radius 3 is 2.20 bits per heavy atom. The Balaban J connectivity index is 2.06. The fourth-order valence-electron chi connectivity index (χ4n) is 2.83. The molecule has 0 spiro atoms. The van der Waals surface area contributed by atoms with Gasteiger partial charge in [0.05, 0.1) is 5.71 Å². The lowest BCUT2D eigenvalue weighted by atomic mass is 9.79. The van der Waals surface area contributed by atoms with Crippen molar-refractivity contribution in [2.45, 2.75) is 18.8 Å². The molecule has 2 aromatic carbocycles. The molecule has 0 amide bonds. The summed E-state index contributed by atoms with van der Waals surface area (Å²) >= 11 is 0. The quantitative estimate of drug-likeness (QED) is 0.629. The lowest BCUT2D eigenvalue weighted by molar-refractivity contribution is 0.318. The minimum absolute atomic E-state index is 0.365. The van der Waals surface area contributed by atoms with E-state index in [0.29, 0.717) is 5.92 Å². The van der Waals surface area contributed by atoms with Crippen molar-refractivity contribution >= 4 is 11.3 Å². The second-order valence-corrected chi connectivity index (χ2v) is 5.06. The van der Waals surface area contributed by atoms with Gasteiger partial charge < -0.3 is 5.21 Å². The third-order valence-electron chi connectivity index (χ3n) is 3.82. The van der Waals surface area contributed by atoms with Gasteiger partial charge in [0, 0.05) is 5.92 Å². The molecule has 0 radical (unpaired) electrons. The van der Waals surface area contributed by atoms with Crippen LogP contribution < -0.4 is 0 Å². The van der Waals surface area contributed by atoms with Crippen LogP contribution in [-0.4, -0.2) is 10.9 Å². The third-order valence-corrected chi connectivity index (χ3v) is 3.82. The molecule has 0 fully saturated rings. The molecule has 0 saturated heterocycles. The predicted octanol–water partition coefficient (Wildman–Crippen LogP) is 4.48. The van der Waals surface area contributed by atoms with E-state index in [1.807, 2.05) is 30.3 Å². The van der Waals surface area contributed by atoms with E-state index in [4.69, 9.17) is 5.21 Å². The lowest BCUT2D eigenvalue weighted by Gasteiger charge is -2.25. The normalized spacial score (nSPS) is 20.7. The average Bonchev–Trinajstić information content (AvgIpc) is 2.56. The van der Waals surface area contributed by atoms with Gasteiger partial charge in [-0.2, -0.15) is 0 Å². The highest BCUT2D eigenvalue weighted by atomic mass is 16.4. The minimum atomic E-state index is 0.365. The van der Waals surface area contributed by atoms with Gasteiger partial charge in [-0.25, -0.2) is 0 Å². The molecule has 0 bridgehead atoms. The van der Waals surface area contributed by atoms with Crippen molar-refractivity contribution in [2.75, 3.05) is 0 Å². The molecule has 2 heteroatoms. The Labute approximate surface area is 119 Å². The van der Waals surface area contributed by atoms with Gasteiger partial charge in [0.15, 0.2) is 0 Å². The SMILES string of the molecule is O/N=C1/C=C(c2ccccc2)C(c2ccccc2)CC1. The number of hydrogen-bond donors (Lipinski definition) is 1. The maximum absolute atomic E-state index is 9.06. The Morgan fingerprint density at radius 1 is 0.900 bits per heavy atom. The summed E-state index contributed by atoms with van der Waals surface area (Å²) in [5, 5.41) is 12.4. The summed E-state index contributed by atoms with van der Waals surface area (Å²) < 4.78 is 0. The molecule has 2 nitrogen and oxygen atoms in total. The minimum Gasteiger partial charge on any atom is -0.411 e. The molecule has 1 atom stereocenters. The van der Waals surface area contributed by atoms with Gasteiger partial charge in [-0.05, 0) is 35.6 Å². The first-order chi connectivity index (χ1) is 9.88. The van der Waals surface area contributed by atoms with Crippen LogP contribution in [0.1, 0.15) is 29.9 Å². The van der Waals surface area contributed by atoms with Crippen molar-refractivity contribution in [3.63, 3.8) is 0 Å². The van der Waals surface area contributed by atoms with E-state index >= 15 is 0 Å². The molecule has 20 heavy (non-hydrogen) atoms. The van der Waals surface area contributed by atoms with Gasteiger partial charge >= 0.3 is 0 Å². The van der Waals surface area contributed by atoms with Gasteiger partial charge in [0.1, 0.15) is 0 Å². The van der Waals surface area contributed by atoms with Crippen molar-refractivity contribution in [2.24, 2.45) is 5.16 Å². The first kappa shape index (κ1) is 12.7. The van der Waals surface area contributed by atoms with Crippen LogP contribution in [0.3, 0.4) is 0 Å². The molecule has 3 rings (SSSR count). The molecule has 1 N–H and O–H groups in total. The van der Waals surface area contributed by atoms with Crippen LogP contribution in [0.2, 0.25) is 0 Å². The van der Waals surface area contributed by atoms with Crippen LogP contribution in [0.5, 0.6) is 0 Å². The Bertz CT molecular complexity index is 629. The summed E-state index contributed by atoms with van der Waals surface area (Å²) in [7, 11) is 0. The van der Waals surface area contributed by atoms with E-state index in [-0.39, 0.29) is 0 Å². The van der Waals surface area contributed by atoms with Gasteiger partial charge in [-0.3, -0.25) is 0 Å². The maximum atomic E-state index is 9.06. The summed E-state index contributed by atoms with van der Waals surface area (Å²) in [4.78, 5) is 0. The van der Waals surface area contributed by atoms with E-state index in [9.17, 15) is 0 Å². The third kappa shape index (κ3) is 2.50. The van der Waals surface area contributed by atoms with E-state index < -0.39 is 0 Å². The van der Waals surface area contributed by atoms with Gasteiger partial charge in [-0.15, -0.1) is 0 Å². The number of allylic oxidation sites excluding steroid dienone is 2. The van der Waals surface area contributed by atoms with Crippen LogP contribution >= 0.6 is 0 Å². The number of oxime groups is 1. The zero-order valence-corrected chi connectivity index (χ0v) is 11.2. The Kier molecular flexibility index (Phi) is 3.64. The topological polar surface area (TPSA) is 32.6 Å². The lowest BCUT2D eigenvalue weighted by Crippen LogP contribution is -2.12. The number of benzene rings is 2. The van der Waals surface area contributed by atoms with E-state index in [0.717, 1.165) is 18.6 Å². The van der Waals surface area contributed by atoms with Crippen LogP contribution in [0, 0.1) is 0 Å². The van der Waals surface area contributed by atoms with Gasteiger partial charge in [0.25, 0.3) is 0 Å². The fourth-order valence-corrected chi connectivity index (χ4v) is 2.83. The van der Waals surface area contributed by atoms with Crippen LogP contribution in [0.4, 0.5) is 0 Å². The standard InChI is InChI=1S/C18H17NO/c20-19-16-11-12-17(14-7-3-1-4-8-14)18(13-16)15-9-5-2-6-10-15/h1-10,13,17,20H,11-12H2/b19-16+. The van der Waals surface area contributed by atoms with E-state index in [2.05, 4.69) is 41.6 Å². The van der Waals surface area contributed by atoms with Crippen molar-refractivity contribution in [1.82, 2.24) is 0 Å². The van der Waals surface area contributed by atoms with Gasteiger partial charge in [-0.1, -0.05) is 65.8 Å². The summed E-state index contributed by atoms with van der Waals surface area (Å²) in [6.07, 6.45) is 3.81. The van der Waals surface area contributed by atoms with Crippen molar-refractivity contribution < 1.29 is 5.21 Å². The zero-order valence-electron chi connectivity index (χ0n) is 11.2. The molecule has 0 aromatic heterocycles. The Morgan fingerprint density at radius 2 is 1.55 bits per heavy atom. The second-order valence-electron chi connectivity index (χ2n) is 5.06. The van der Waals surface area contributed by atoms with Crippen molar-refractivity contribution in [1.29, 1.82) is 0 Å². The first-order valence-electron chi connectivity index (χ1n) is 6.91. The number of hydrogen-bond acceptors (Lipinski definition) is 2. The van der Waals surface area contributed by atoms with E-state index in [1.165, 1.54) is 16.7 Å². The van der Waals surface area contributed by atoms with E-state index in [1.54, 1.807) is 0 Å². The van der Waals surface area contributed by atoms with Crippen LogP contribution in [0.25, 0.3) is 5.57 Å². The maximum Gasteiger partial charge on any atom is 0.0799 e. The Hall–Kier alpha value is -2.35. The highest BCUT2D eigenvalue weighted by Crippen LogP contribution is 2.38. The first-order valence-corrected chi connectivity index (χ1v) is 6.91. The molecule has 0 saturated carbocycles. The van der Waals surface area contributed by atoms with Crippen molar-refractivity contribution in [3.05, 3.63) is 77.9 Å². The van der Waals surface area contributed by atoms with Crippen molar-refractivity contribution in [3.8, 4) is 0 Å². The summed E-state index contributed by atoms with van der Waals surface area (Å²) in [6.45, 7) is 0. The molecule has 0 heterocycles. The summed E-state index contributed by atoms with van der Waals surface area (Å²) in [5.74, 6) is 0.365. The summed E-state index contributed by atoms with van der Waals surface area (Å²) in [6, 6.07) is 20.9. The average molecular weight is 263 g/mol. The smallest absolute Gasteiger partial charge is 0.0799 e. The molecule has 0 aliphatic heterocycles. The van der Waals surface area contributed by atoms with Gasteiger partial charge in [0.2, 0.25) is 0 Å². The highest BCUT2D eigenvalue weighted by molar-refractivity contribution is 6.03. The largest absolute Gasteiger partial charge is 0.411 e. The second kappa shape index (κ2) is 5.74.